The zero-order valence-corrected chi connectivity index (χ0v) is 19.7. The predicted molar refractivity (Wildman–Crippen MR) is 128 cm³/mol. The molecule has 4 N–H and O–H groups in total. The van der Waals surface area contributed by atoms with E-state index in [0.29, 0.717) is 0 Å². The van der Waals surface area contributed by atoms with Crippen LogP contribution in [0.1, 0.15) is 50.2 Å². The summed E-state index contributed by atoms with van der Waals surface area (Å²) in [5.41, 5.74) is 4.30. The van der Waals surface area contributed by atoms with E-state index in [1.165, 1.54) is 0 Å². The van der Waals surface area contributed by atoms with E-state index < -0.39 is 42.4 Å². The maximum absolute atomic E-state index is 12.8. The van der Waals surface area contributed by atoms with Gasteiger partial charge in [-0.1, -0.05) is 62.4 Å². The first kappa shape index (κ1) is 25.7. The van der Waals surface area contributed by atoms with Crippen molar-refractivity contribution in [3.8, 4) is 11.1 Å². The Kier molecular flexibility index (Phi) is 8.46. The molecular formula is C26H30N2O7. The molecule has 0 saturated carbocycles. The van der Waals surface area contributed by atoms with E-state index in [1.807, 2.05) is 62.4 Å². The largest absolute Gasteiger partial charge is 0.481 e. The summed E-state index contributed by atoms with van der Waals surface area (Å²) in [7, 11) is 0. The van der Waals surface area contributed by atoms with E-state index >= 15 is 0 Å². The molecule has 35 heavy (non-hydrogen) atoms. The highest BCUT2D eigenvalue weighted by atomic mass is 16.5. The number of carboxylic acid groups (broad SMARTS) is 2. The van der Waals surface area contributed by atoms with Crippen LogP contribution < -0.4 is 10.6 Å². The number of hydrogen-bond acceptors (Lipinski definition) is 5. The Morgan fingerprint density at radius 1 is 0.886 bits per heavy atom. The lowest BCUT2D eigenvalue weighted by Gasteiger charge is -2.23. The van der Waals surface area contributed by atoms with Crippen molar-refractivity contribution in [3.63, 3.8) is 0 Å². The van der Waals surface area contributed by atoms with Crippen LogP contribution in [-0.4, -0.2) is 52.8 Å². The van der Waals surface area contributed by atoms with E-state index in [2.05, 4.69) is 10.6 Å². The Bertz CT molecular complexity index is 1050. The summed E-state index contributed by atoms with van der Waals surface area (Å²) in [6, 6.07) is 13.4. The second kappa shape index (κ2) is 11.5. The summed E-state index contributed by atoms with van der Waals surface area (Å²) in [5.74, 6) is -3.34. The topological polar surface area (TPSA) is 142 Å². The van der Waals surface area contributed by atoms with E-state index in [1.54, 1.807) is 0 Å². The summed E-state index contributed by atoms with van der Waals surface area (Å²) in [6.45, 7) is 3.80. The molecule has 2 aromatic carbocycles. The van der Waals surface area contributed by atoms with E-state index in [9.17, 15) is 24.3 Å². The zero-order chi connectivity index (χ0) is 25.5. The standard InChI is InChI=1S/C26H30N2O7/c1-15(2)13-22(24(31)27-21(25(32)33)11-12-23(29)30)28-26(34)35-14-20-18-9-5-3-7-16(18)17-8-4-6-10-19(17)20/h3-10,15,20-22H,11-14H2,1-2H3,(H,27,31)(H,28,34)(H,29,30)(H,32,33). The summed E-state index contributed by atoms with van der Waals surface area (Å²) in [6.07, 6.45) is -1.21. The van der Waals surface area contributed by atoms with Gasteiger partial charge in [0.15, 0.2) is 0 Å². The number of benzene rings is 2. The highest BCUT2D eigenvalue weighted by molar-refractivity contribution is 5.89. The fourth-order valence-electron chi connectivity index (χ4n) is 4.28. The van der Waals surface area contributed by atoms with E-state index in [0.717, 1.165) is 22.3 Å². The van der Waals surface area contributed by atoms with Gasteiger partial charge in [0.05, 0.1) is 0 Å². The third-order valence-corrected chi connectivity index (χ3v) is 5.92. The van der Waals surface area contributed by atoms with Crippen molar-refractivity contribution in [2.45, 2.75) is 51.1 Å². The van der Waals surface area contributed by atoms with Crippen molar-refractivity contribution in [2.24, 2.45) is 5.92 Å². The van der Waals surface area contributed by atoms with Gasteiger partial charge in [0, 0.05) is 12.3 Å². The maximum Gasteiger partial charge on any atom is 0.407 e. The molecule has 2 amide bonds. The first-order chi connectivity index (χ1) is 16.7. The molecule has 9 nitrogen and oxygen atoms in total. The van der Waals surface area contributed by atoms with Crippen molar-refractivity contribution in [2.75, 3.05) is 6.61 Å². The molecule has 0 aliphatic heterocycles. The minimum absolute atomic E-state index is 0.0157. The van der Waals surface area contributed by atoms with E-state index in [-0.39, 0.29) is 31.3 Å². The normalized spacial score (nSPS) is 13.9. The Morgan fingerprint density at radius 2 is 1.46 bits per heavy atom. The number of nitrogens with one attached hydrogen (secondary N) is 2. The minimum atomic E-state index is -1.38. The average molecular weight is 483 g/mol. The number of hydrogen-bond donors (Lipinski definition) is 4. The molecule has 1 aliphatic rings. The fourth-order valence-corrected chi connectivity index (χ4v) is 4.28. The minimum Gasteiger partial charge on any atom is -0.481 e. The van der Waals surface area contributed by atoms with Gasteiger partial charge in [-0.2, -0.15) is 0 Å². The second-order valence-electron chi connectivity index (χ2n) is 8.98. The van der Waals surface area contributed by atoms with Crippen LogP contribution in [0.25, 0.3) is 11.1 Å². The molecule has 0 saturated heterocycles. The Balaban J connectivity index is 1.65. The SMILES string of the molecule is CC(C)CC(NC(=O)OCC1c2ccccc2-c2ccccc21)C(=O)NC(CCC(=O)O)C(=O)O. The fraction of sp³-hybridized carbons (Fsp3) is 0.385. The van der Waals surface area contributed by atoms with Gasteiger partial charge in [-0.3, -0.25) is 9.59 Å². The average Bonchev–Trinajstić information content (AvgIpc) is 3.13. The van der Waals surface area contributed by atoms with Gasteiger partial charge < -0.3 is 25.6 Å². The third kappa shape index (κ3) is 6.59. The number of carboxylic acids is 2. The van der Waals surface area contributed by atoms with Gasteiger partial charge >= 0.3 is 18.0 Å². The second-order valence-corrected chi connectivity index (χ2v) is 8.98. The third-order valence-electron chi connectivity index (χ3n) is 5.92. The summed E-state index contributed by atoms with van der Waals surface area (Å²) in [5, 5.41) is 23.0. The van der Waals surface area contributed by atoms with Gasteiger partial charge in [0.25, 0.3) is 0 Å². The number of ether oxygens (including phenoxy) is 1. The summed E-state index contributed by atoms with van der Waals surface area (Å²) >= 11 is 0. The van der Waals surface area contributed by atoms with Crippen LogP contribution in [0.2, 0.25) is 0 Å². The number of aliphatic carboxylic acids is 2. The lowest BCUT2D eigenvalue weighted by molar-refractivity contribution is -0.143. The van der Waals surface area contributed by atoms with Crippen molar-refractivity contribution < 1.29 is 34.1 Å². The van der Waals surface area contributed by atoms with Crippen LogP contribution in [0.5, 0.6) is 0 Å². The van der Waals surface area contributed by atoms with Gasteiger partial charge in [-0.15, -0.1) is 0 Å². The molecule has 0 aromatic heterocycles. The molecule has 2 aromatic rings. The number of carbonyl (C=O) groups is 4. The maximum atomic E-state index is 12.8. The quantitative estimate of drug-likeness (QED) is 0.385. The number of carbonyl (C=O) groups excluding carboxylic acids is 2. The zero-order valence-electron chi connectivity index (χ0n) is 19.7. The smallest absolute Gasteiger partial charge is 0.407 e. The lowest BCUT2D eigenvalue weighted by atomic mass is 9.98. The number of amides is 2. The highest BCUT2D eigenvalue weighted by Crippen LogP contribution is 2.44. The van der Waals surface area contributed by atoms with Crippen LogP contribution in [0, 0.1) is 5.92 Å². The highest BCUT2D eigenvalue weighted by Gasteiger charge is 2.31. The molecule has 0 bridgehead atoms. The van der Waals surface area contributed by atoms with Crippen molar-refractivity contribution in [3.05, 3.63) is 59.7 Å². The predicted octanol–water partition coefficient (Wildman–Crippen LogP) is 3.37. The molecule has 9 heteroatoms. The molecular weight excluding hydrogens is 452 g/mol. The van der Waals surface area contributed by atoms with Crippen LogP contribution in [0.15, 0.2) is 48.5 Å². The van der Waals surface area contributed by atoms with Gasteiger partial charge in [0.2, 0.25) is 5.91 Å². The molecule has 2 unspecified atom stereocenters. The Hall–Kier alpha value is -3.88. The van der Waals surface area contributed by atoms with Crippen molar-refractivity contribution in [1.29, 1.82) is 0 Å². The monoisotopic (exact) mass is 482 g/mol. The first-order valence-corrected chi connectivity index (χ1v) is 11.5. The molecule has 0 fully saturated rings. The van der Waals surface area contributed by atoms with E-state index in [4.69, 9.17) is 9.84 Å². The summed E-state index contributed by atoms with van der Waals surface area (Å²) in [4.78, 5) is 47.7. The molecule has 186 valence electrons. The van der Waals surface area contributed by atoms with Crippen LogP contribution in [0.3, 0.4) is 0 Å². The number of rotatable bonds is 11. The Morgan fingerprint density at radius 3 is 1.97 bits per heavy atom. The van der Waals surface area contributed by atoms with Crippen LogP contribution in [0.4, 0.5) is 4.79 Å². The van der Waals surface area contributed by atoms with Crippen molar-refractivity contribution >= 4 is 23.9 Å². The van der Waals surface area contributed by atoms with Gasteiger partial charge in [0.1, 0.15) is 18.7 Å². The summed E-state index contributed by atoms with van der Waals surface area (Å²) < 4.78 is 5.51. The van der Waals surface area contributed by atoms with Crippen molar-refractivity contribution in [1.82, 2.24) is 10.6 Å². The first-order valence-electron chi connectivity index (χ1n) is 11.5. The molecule has 0 heterocycles. The van der Waals surface area contributed by atoms with Gasteiger partial charge in [-0.25, -0.2) is 9.59 Å². The molecule has 0 spiro atoms. The molecule has 3 rings (SSSR count). The molecule has 0 radical (unpaired) electrons. The molecule has 2 atom stereocenters. The van der Waals surface area contributed by atoms with Crippen LogP contribution in [-0.2, 0) is 19.1 Å². The van der Waals surface area contributed by atoms with Crippen LogP contribution >= 0.6 is 0 Å². The number of alkyl carbamates (subject to hydrolysis) is 1. The molecule has 1 aliphatic carbocycles. The lowest BCUT2D eigenvalue weighted by Crippen LogP contribution is -2.52. The van der Waals surface area contributed by atoms with Gasteiger partial charge in [-0.05, 0) is 41.0 Å². The Labute approximate surface area is 203 Å². The number of fused-ring (bicyclic) bond motifs is 3.